The molecule has 0 spiro atoms. The van der Waals surface area contributed by atoms with Crippen molar-refractivity contribution in [2.75, 3.05) is 38.7 Å². The first kappa shape index (κ1) is 65.2. The fourth-order valence-electron chi connectivity index (χ4n) is 7.27. The molecule has 9 nitrogen and oxygen atoms in total. The molecule has 2 heterocycles. The van der Waals surface area contributed by atoms with Gasteiger partial charge in [0, 0.05) is 74.7 Å². The van der Waals surface area contributed by atoms with Crippen LogP contribution in [-0.4, -0.2) is 60.7 Å². The molecular weight excluding hydrogens is 880 g/mol. The molecule has 1 aromatic carbocycles. The van der Waals surface area contributed by atoms with Gasteiger partial charge in [0.05, 0.1) is 26.2 Å². The summed E-state index contributed by atoms with van der Waals surface area (Å²) in [5.41, 5.74) is 4.39. The minimum atomic E-state index is -0.242. The number of nitrogens with zero attached hydrogens (tertiary/aromatic N) is 2. The fraction of sp³-hybridized carbons (Fsp3) is 0.712. The predicted molar refractivity (Wildman–Crippen MR) is 273 cm³/mol. The number of thioether (sulfide) groups is 1. The van der Waals surface area contributed by atoms with Crippen molar-refractivity contribution in [3.8, 4) is 11.5 Å². The fourth-order valence-corrected chi connectivity index (χ4v) is 7.27. The van der Waals surface area contributed by atoms with Gasteiger partial charge < -0.3 is 37.7 Å². The van der Waals surface area contributed by atoms with Crippen LogP contribution in [0.15, 0.2) is 24.4 Å². The Balaban J connectivity index is -0.000000903. The number of benzene rings is 1. The Morgan fingerprint density at radius 1 is 0.794 bits per heavy atom. The number of hydrogen-bond acceptors (Lipinski definition) is 8. The van der Waals surface area contributed by atoms with Crippen molar-refractivity contribution >= 4 is 34.6 Å². The second kappa shape index (κ2) is 46.5. The Morgan fingerprint density at radius 2 is 1.33 bits per heavy atom. The number of rotatable bonds is 9. The summed E-state index contributed by atoms with van der Waals surface area (Å²) in [6.45, 7) is 21.2. The molecule has 0 atom stereocenters. The number of carbonyl (C=O) groups excluding carboxylic acids is 1. The van der Waals surface area contributed by atoms with Crippen molar-refractivity contribution in [3.05, 3.63) is 54.1 Å². The molecule has 63 heavy (non-hydrogen) atoms. The molecule has 1 radical (unpaired) electrons. The number of aryl methyl sites for hydroxylation is 1. The molecule has 0 aliphatic heterocycles. The number of aromatic nitrogens is 3. The molecule has 1 amide bonds. The van der Waals surface area contributed by atoms with Gasteiger partial charge in [0.2, 0.25) is 0 Å². The van der Waals surface area contributed by atoms with Crippen molar-refractivity contribution in [2.45, 2.75) is 210 Å². The van der Waals surface area contributed by atoms with Crippen LogP contribution in [0.3, 0.4) is 0 Å². The first-order valence-electron chi connectivity index (χ1n) is 24.7. The summed E-state index contributed by atoms with van der Waals surface area (Å²) in [7, 11) is 3.34. The van der Waals surface area contributed by atoms with E-state index in [1.807, 2.05) is 99.2 Å². The first-order chi connectivity index (χ1) is 30.4. The number of hydrogen-bond donors (Lipinski definition) is 3. The molecule has 363 valence electrons. The Bertz CT molecular complexity index is 1420. The molecule has 6 rings (SSSR count). The zero-order chi connectivity index (χ0) is 46.8. The molecule has 0 bridgehead atoms. The minimum absolute atomic E-state index is 0. The standard InChI is InChI=1S/C24H31N4O2.C10H19NO2.C8H15.C2H6S.4C2H6.Y/c1-16-14-25-24(26-15-18-11-12-19(29-2)13-20(18)30-3)21-22(16)27-28-23(21)17-9-7-5-4-6-8-10-17;1-2-8-13-10(12)11-9-6-4-3-5-7-9;1-2-4-6-8-7-5-3-1;1-3-2;4*1-2;/h4,11-14,17H,5-10,15H2,1-3H3,(H,25,26)(H,27,28);9H,2-8H2,1H3,(H,11,12);1H,2-8H2;1-2H3;4*1-2H3;/q-1;;-1;;;;;;. The van der Waals surface area contributed by atoms with Gasteiger partial charge in [-0.25, -0.2) is 9.78 Å². The van der Waals surface area contributed by atoms with Crippen LogP contribution < -0.4 is 20.1 Å². The van der Waals surface area contributed by atoms with E-state index in [0.29, 0.717) is 25.1 Å². The zero-order valence-electron chi connectivity index (χ0n) is 43.0. The third-order valence-electron chi connectivity index (χ3n) is 10.2. The van der Waals surface area contributed by atoms with E-state index in [4.69, 9.17) is 19.2 Å². The predicted octanol–water partition coefficient (Wildman–Crippen LogP) is 16.0. The second-order valence-electron chi connectivity index (χ2n) is 14.7. The Labute approximate surface area is 418 Å². The van der Waals surface area contributed by atoms with Crippen LogP contribution in [-0.2, 0) is 44.0 Å². The van der Waals surface area contributed by atoms with E-state index in [1.165, 1.54) is 108 Å². The average molecular weight is 975 g/mol. The van der Waals surface area contributed by atoms with Crippen molar-refractivity contribution in [1.82, 2.24) is 20.5 Å². The van der Waals surface area contributed by atoms with Gasteiger partial charge in [-0.2, -0.15) is 42.5 Å². The number of anilines is 1. The largest absolute Gasteiger partial charge is 0.497 e. The maximum absolute atomic E-state index is 11.1. The van der Waals surface area contributed by atoms with Gasteiger partial charge in [0.15, 0.2) is 0 Å². The van der Waals surface area contributed by atoms with Crippen LogP contribution in [0.5, 0.6) is 11.5 Å². The first-order valence-corrected chi connectivity index (χ1v) is 26.3. The monoisotopic (exact) mass is 975 g/mol. The van der Waals surface area contributed by atoms with E-state index >= 15 is 0 Å². The van der Waals surface area contributed by atoms with Gasteiger partial charge in [-0.15, -0.1) is 0 Å². The number of carbonyl (C=O) groups is 1. The number of ether oxygens (including phenoxy) is 3. The summed E-state index contributed by atoms with van der Waals surface area (Å²) < 4.78 is 15.8. The Hall–Kier alpha value is -2.04. The molecule has 3 aliphatic carbocycles. The van der Waals surface area contributed by atoms with Gasteiger partial charge in [-0.1, -0.05) is 127 Å². The van der Waals surface area contributed by atoms with Gasteiger partial charge in [-0.3, -0.25) is 5.10 Å². The van der Waals surface area contributed by atoms with Gasteiger partial charge in [0.1, 0.15) is 22.8 Å². The molecule has 3 aliphatic rings. The number of amides is 1. The molecule has 3 aromatic rings. The number of fused-ring (bicyclic) bond motifs is 1. The van der Waals surface area contributed by atoms with E-state index in [9.17, 15) is 4.79 Å². The maximum atomic E-state index is 11.1. The minimum Gasteiger partial charge on any atom is -0.497 e. The number of methoxy groups -OCH3 is 2. The molecule has 3 saturated carbocycles. The van der Waals surface area contributed by atoms with Crippen molar-refractivity contribution < 1.29 is 51.7 Å². The Kier molecular flexibility index (Phi) is 48.1. The summed E-state index contributed by atoms with van der Waals surface area (Å²) in [4.78, 5) is 15.9. The van der Waals surface area contributed by atoms with E-state index < -0.39 is 0 Å². The van der Waals surface area contributed by atoms with Crippen LogP contribution in [0.4, 0.5) is 10.6 Å². The third kappa shape index (κ3) is 28.6. The maximum Gasteiger partial charge on any atom is 0.407 e. The summed E-state index contributed by atoms with van der Waals surface area (Å²) in [5.74, 6) is 2.97. The molecule has 3 N–H and O–H groups in total. The number of aromatic amines is 1. The van der Waals surface area contributed by atoms with Crippen LogP contribution in [0, 0.1) is 19.8 Å². The van der Waals surface area contributed by atoms with Crippen LogP contribution >= 0.6 is 11.8 Å². The van der Waals surface area contributed by atoms with Crippen molar-refractivity contribution in [1.29, 1.82) is 0 Å². The molecule has 11 heteroatoms. The number of alkyl carbamates (subject to hydrolysis) is 1. The van der Waals surface area contributed by atoms with E-state index in [2.05, 4.69) is 40.6 Å². The third-order valence-corrected chi connectivity index (χ3v) is 10.2. The summed E-state index contributed by atoms with van der Waals surface area (Å²) in [6, 6.07) is 6.24. The molecule has 0 unspecified atom stereocenters. The number of nitrogens with one attached hydrogen (secondary N) is 3. The van der Waals surface area contributed by atoms with Gasteiger partial charge >= 0.3 is 6.09 Å². The molecular formula is C52H95N5O4SY-2. The number of H-pyrrole nitrogens is 1. The second-order valence-corrected chi connectivity index (χ2v) is 15.5. The summed E-state index contributed by atoms with van der Waals surface area (Å²) in [6.07, 6.45) is 34.8. The van der Waals surface area contributed by atoms with Crippen LogP contribution in [0.2, 0.25) is 0 Å². The van der Waals surface area contributed by atoms with Crippen LogP contribution in [0.1, 0.15) is 207 Å². The quantitative estimate of drug-likeness (QED) is 0.182. The van der Waals surface area contributed by atoms with Crippen LogP contribution in [0.25, 0.3) is 10.9 Å². The SMILES string of the molecule is CC.CC.CC.CC.CCCOC(=O)NC1CCCCC1.COc1ccc(CNc2ncc(C)c3n[nH]c(C4CCC[CH-]CCC4)c23)c(OC)c1.CSC.[CH-]1CCCCCCC1.[Y]. The van der Waals surface area contributed by atoms with E-state index in [0.717, 1.165) is 58.6 Å². The topological polar surface area (TPSA) is 110 Å². The zero-order valence-corrected chi connectivity index (χ0v) is 46.6. The van der Waals surface area contributed by atoms with Crippen molar-refractivity contribution in [3.63, 3.8) is 0 Å². The van der Waals surface area contributed by atoms with Crippen molar-refractivity contribution in [2.24, 2.45) is 0 Å². The normalized spacial score (nSPS) is 14.9. The Morgan fingerprint density at radius 3 is 1.87 bits per heavy atom. The average Bonchev–Trinajstić information content (AvgIpc) is 3.75. The summed E-state index contributed by atoms with van der Waals surface area (Å²) in [5, 5.41) is 15.6. The van der Waals surface area contributed by atoms with Gasteiger partial charge in [0.25, 0.3) is 0 Å². The van der Waals surface area contributed by atoms with E-state index in [1.54, 1.807) is 26.0 Å². The molecule has 0 saturated heterocycles. The summed E-state index contributed by atoms with van der Waals surface area (Å²) >= 11 is 1.75. The van der Waals surface area contributed by atoms with Gasteiger partial charge in [-0.05, 0) is 69.2 Å². The smallest absolute Gasteiger partial charge is 0.407 e. The molecule has 2 aromatic heterocycles. The molecule has 3 fully saturated rings. The number of pyridine rings is 1. The van der Waals surface area contributed by atoms with E-state index in [-0.39, 0.29) is 38.8 Å².